The summed E-state index contributed by atoms with van der Waals surface area (Å²) < 4.78 is 5.67. The Hall–Kier alpha value is -1.55. The van der Waals surface area contributed by atoms with Crippen molar-refractivity contribution >= 4 is 5.97 Å². The molecule has 0 radical (unpaired) electrons. The van der Waals surface area contributed by atoms with Gasteiger partial charge in [-0.05, 0) is 24.9 Å². The number of nitrogens with one attached hydrogen (secondary N) is 1. The Morgan fingerprint density at radius 2 is 2.05 bits per heavy atom. The van der Waals surface area contributed by atoms with Gasteiger partial charge in [-0.1, -0.05) is 45.4 Å². The number of rotatable bonds is 9. The molecular formula is C16H25NO3. The predicted octanol–water partition coefficient (Wildman–Crippen LogP) is 3.06. The van der Waals surface area contributed by atoms with Crippen LogP contribution < -0.4 is 10.1 Å². The van der Waals surface area contributed by atoms with Gasteiger partial charge in [0, 0.05) is 12.1 Å². The van der Waals surface area contributed by atoms with Crippen LogP contribution >= 0.6 is 0 Å². The minimum atomic E-state index is -0.906. The molecule has 4 heteroatoms. The van der Waals surface area contributed by atoms with Gasteiger partial charge in [0.2, 0.25) is 0 Å². The Labute approximate surface area is 121 Å². The average molecular weight is 279 g/mol. The molecule has 1 unspecified atom stereocenters. The molecule has 4 nitrogen and oxygen atoms in total. The fourth-order valence-corrected chi connectivity index (χ4v) is 1.91. The Kier molecular flexibility index (Phi) is 7.09. The minimum Gasteiger partial charge on any atom is -0.479 e. The highest BCUT2D eigenvalue weighted by Gasteiger charge is 2.19. The topological polar surface area (TPSA) is 58.6 Å². The Morgan fingerprint density at radius 3 is 2.65 bits per heavy atom. The zero-order valence-electron chi connectivity index (χ0n) is 12.6. The van der Waals surface area contributed by atoms with E-state index in [1.54, 1.807) is 0 Å². The van der Waals surface area contributed by atoms with Gasteiger partial charge in [0.1, 0.15) is 5.75 Å². The lowest BCUT2D eigenvalue weighted by molar-refractivity contribution is -0.145. The van der Waals surface area contributed by atoms with Crippen molar-refractivity contribution in [2.45, 2.75) is 46.3 Å². The van der Waals surface area contributed by atoms with Crippen molar-refractivity contribution in [2.24, 2.45) is 5.92 Å². The van der Waals surface area contributed by atoms with Gasteiger partial charge >= 0.3 is 5.97 Å². The highest BCUT2D eigenvalue weighted by atomic mass is 16.5. The molecule has 0 amide bonds. The molecule has 112 valence electrons. The first-order valence-electron chi connectivity index (χ1n) is 7.22. The lowest BCUT2D eigenvalue weighted by Crippen LogP contribution is -2.27. The molecule has 0 heterocycles. The molecule has 0 aliphatic carbocycles. The maximum atomic E-state index is 11.2. The van der Waals surface area contributed by atoms with Gasteiger partial charge in [-0.15, -0.1) is 0 Å². The van der Waals surface area contributed by atoms with Crippen LogP contribution in [0.15, 0.2) is 24.3 Å². The maximum absolute atomic E-state index is 11.2. The molecular weight excluding hydrogens is 254 g/mol. The summed E-state index contributed by atoms with van der Waals surface area (Å²) in [6, 6.07) is 7.60. The van der Waals surface area contributed by atoms with Crippen molar-refractivity contribution in [3.63, 3.8) is 0 Å². The van der Waals surface area contributed by atoms with Crippen molar-refractivity contribution in [3.8, 4) is 5.75 Å². The first kappa shape index (κ1) is 16.5. The van der Waals surface area contributed by atoms with E-state index in [0.29, 0.717) is 24.6 Å². The number of carbonyl (C=O) groups is 1. The number of carboxylic acids is 1. The monoisotopic (exact) mass is 279 g/mol. The van der Waals surface area contributed by atoms with E-state index in [2.05, 4.69) is 19.2 Å². The van der Waals surface area contributed by atoms with Gasteiger partial charge < -0.3 is 15.2 Å². The zero-order valence-corrected chi connectivity index (χ0v) is 12.6. The largest absolute Gasteiger partial charge is 0.479 e. The second-order valence-corrected chi connectivity index (χ2v) is 5.37. The standard InChI is InChI=1S/C16H25NO3/c1-4-7-15(16(18)19)20-14-9-6-5-8-13(14)11-17-10-12(2)3/h5-6,8-9,12,15,17H,4,7,10-11H2,1-3H3,(H,18,19). The van der Waals surface area contributed by atoms with E-state index in [4.69, 9.17) is 9.84 Å². The molecule has 1 atom stereocenters. The summed E-state index contributed by atoms with van der Waals surface area (Å²) in [6.07, 6.45) is 0.527. The van der Waals surface area contributed by atoms with Gasteiger partial charge in [0.25, 0.3) is 0 Å². The van der Waals surface area contributed by atoms with Crippen LogP contribution in [0.3, 0.4) is 0 Å². The number of carboxylic acid groups (broad SMARTS) is 1. The van der Waals surface area contributed by atoms with Gasteiger partial charge in [0.15, 0.2) is 6.10 Å². The Balaban J connectivity index is 2.70. The summed E-state index contributed by atoms with van der Waals surface area (Å²) in [7, 11) is 0. The molecule has 0 spiro atoms. The smallest absolute Gasteiger partial charge is 0.344 e. The summed E-state index contributed by atoms with van der Waals surface area (Å²) in [5.74, 6) is 0.330. The van der Waals surface area contributed by atoms with Crippen LogP contribution in [0.2, 0.25) is 0 Å². The molecule has 1 rings (SSSR count). The molecule has 2 N–H and O–H groups in total. The fourth-order valence-electron chi connectivity index (χ4n) is 1.91. The molecule has 0 fully saturated rings. The molecule has 20 heavy (non-hydrogen) atoms. The van der Waals surface area contributed by atoms with Crippen molar-refractivity contribution in [2.75, 3.05) is 6.54 Å². The summed E-state index contributed by atoms with van der Waals surface area (Å²) in [6.45, 7) is 7.86. The van der Waals surface area contributed by atoms with Crippen LogP contribution in [-0.4, -0.2) is 23.7 Å². The summed E-state index contributed by atoms with van der Waals surface area (Å²) in [5, 5.41) is 12.5. The zero-order chi connectivity index (χ0) is 15.0. The van der Waals surface area contributed by atoms with E-state index in [1.165, 1.54) is 0 Å². The SMILES string of the molecule is CCCC(Oc1ccccc1CNCC(C)C)C(=O)O. The third-order valence-corrected chi connectivity index (χ3v) is 2.94. The number of benzene rings is 1. The van der Waals surface area contributed by atoms with Crippen LogP contribution in [0.5, 0.6) is 5.75 Å². The third kappa shape index (κ3) is 5.61. The molecule has 0 saturated heterocycles. The average Bonchev–Trinajstić information content (AvgIpc) is 2.39. The van der Waals surface area contributed by atoms with Crippen molar-refractivity contribution in [1.29, 1.82) is 0 Å². The van der Waals surface area contributed by atoms with Crippen LogP contribution in [0.1, 0.15) is 39.2 Å². The van der Waals surface area contributed by atoms with Gasteiger partial charge in [-0.3, -0.25) is 0 Å². The molecule has 0 bridgehead atoms. The van der Waals surface area contributed by atoms with Gasteiger partial charge in [-0.2, -0.15) is 0 Å². The first-order valence-corrected chi connectivity index (χ1v) is 7.22. The maximum Gasteiger partial charge on any atom is 0.344 e. The van der Waals surface area contributed by atoms with Crippen LogP contribution in [0, 0.1) is 5.92 Å². The Bertz CT molecular complexity index is 418. The number of hydrogen-bond donors (Lipinski definition) is 2. The third-order valence-electron chi connectivity index (χ3n) is 2.94. The number of para-hydroxylation sites is 1. The molecule has 1 aromatic carbocycles. The number of aliphatic carboxylic acids is 1. The molecule has 0 aliphatic rings. The first-order chi connectivity index (χ1) is 9.54. The van der Waals surface area contributed by atoms with E-state index >= 15 is 0 Å². The highest BCUT2D eigenvalue weighted by molar-refractivity contribution is 5.72. The van der Waals surface area contributed by atoms with Crippen LogP contribution in [0.4, 0.5) is 0 Å². The van der Waals surface area contributed by atoms with E-state index in [0.717, 1.165) is 18.5 Å². The van der Waals surface area contributed by atoms with E-state index < -0.39 is 12.1 Å². The summed E-state index contributed by atoms with van der Waals surface area (Å²) in [4.78, 5) is 11.2. The quantitative estimate of drug-likeness (QED) is 0.729. The van der Waals surface area contributed by atoms with Crippen molar-refractivity contribution < 1.29 is 14.6 Å². The van der Waals surface area contributed by atoms with E-state index in [-0.39, 0.29) is 0 Å². The lowest BCUT2D eigenvalue weighted by atomic mass is 10.1. The fraction of sp³-hybridized carbons (Fsp3) is 0.562. The number of hydrogen-bond acceptors (Lipinski definition) is 3. The van der Waals surface area contributed by atoms with Gasteiger partial charge in [0.05, 0.1) is 0 Å². The molecule has 0 aromatic heterocycles. The number of ether oxygens (including phenoxy) is 1. The van der Waals surface area contributed by atoms with E-state index in [1.807, 2.05) is 31.2 Å². The summed E-state index contributed by atoms with van der Waals surface area (Å²) >= 11 is 0. The van der Waals surface area contributed by atoms with Crippen LogP contribution in [-0.2, 0) is 11.3 Å². The molecule has 0 saturated carbocycles. The normalized spacial score (nSPS) is 12.4. The van der Waals surface area contributed by atoms with Crippen molar-refractivity contribution in [3.05, 3.63) is 29.8 Å². The lowest BCUT2D eigenvalue weighted by Gasteiger charge is -2.17. The second-order valence-electron chi connectivity index (χ2n) is 5.37. The predicted molar refractivity (Wildman–Crippen MR) is 79.9 cm³/mol. The highest BCUT2D eigenvalue weighted by Crippen LogP contribution is 2.20. The van der Waals surface area contributed by atoms with Crippen LogP contribution in [0.25, 0.3) is 0 Å². The summed E-state index contributed by atoms with van der Waals surface area (Å²) in [5.41, 5.74) is 0.996. The second kappa shape index (κ2) is 8.59. The van der Waals surface area contributed by atoms with Crippen molar-refractivity contribution in [1.82, 2.24) is 5.32 Å². The van der Waals surface area contributed by atoms with Gasteiger partial charge in [-0.25, -0.2) is 4.79 Å². The van der Waals surface area contributed by atoms with E-state index in [9.17, 15) is 4.79 Å². The Morgan fingerprint density at radius 1 is 1.35 bits per heavy atom. The molecule has 0 aliphatic heterocycles. The molecule has 1 aromatic rings. The minimum absolute atomic E-state index is 0.517.